The van der Waals surface area contributed by atoms with E-state index in [-0.39, 0.29) is 23.1 Å². The SMILES string of the molecule is CCN(C(=O)[C@@H]1CCCN(S(=O)(=O)c2c(C)noc2/C=C/c2ccc(C)cc2)C1)c1cccc(C)c1. The van der Waals surface area contributed by atoms with Crippen molar-refractivity contribution < 1.29 is 17.7 Å². The summed E-state index contributed by atoms with van der Waals surface area (Å²) in [5.41, 5.74) is 4.28. The zero-order valence-corrected chi connectivity index (χ0v) is 22.1. The Labute approximate surface area is 213 Å². The summed E-state index contributed by atoms with van der Waals surface area (Å²) in [6, 6.07) is 15.7. The lowest BCUT2D eigenvalue weighted by Crippen LogP contribution is -2.47. The highest BCUT2D eigenvalue weighted by molar-refractivity contribution is 7.89. The van der Waals surface area contributed by atoms with Crippen molar-refractivity contribution in [1.82, 2.24) is 9.46 Å². The summed E-state index contributed by atoms with van der Waals surface area (Å²) in [6.45, 7) is 8.57. The molecule has 1 aliphatic rings. The van der Waals surface area contributed by atoms with E-state index in [0.717, 1.165) is 22.4 Å². The average molecular weight is 508 g/mol. The van der Waals surface area contributed by atoms with E-state index in [0.29, 0.717) is 31.6 Å². The Morgan fingerprint density at radius 2 is 1.86 bits per heavy atom. The third kappa shape index (κ3) is 5.44. The first-order chi connectivity index (χ1) is 17.2. The standard InChI is InChI=1S/C28H33N3O4S/c1-5-31(25-10-6-8-21(3)18-25)28(32)24-9-7-17-30(19-24)36(33,34)27-22(4)29-35-26(27)16-15-23-13-11-20(2)12-14-23/h6,8,10-16,18,24H,5,7,9,17,19H2,1-4H3/b16-15+/t24-/m1/s1. The van der Waals surface area contributed by atoms with Gasteiger partial charge in [-0.25, -0.2) is 8.42 Å². The summed E-state index contributed by atoms with van der Waals surface area (Å²) >= 11 is 0. The number of amides is 1. The van der Waals surface area contributed by atoms with Gasteiger partial charge in [-0.15, -0.1) is 0 Å². The van der Waals surface area contributed by atoms with Crippen LogP contribution in [0.15, 0.2) is 57.9 Å². The number of anilines is 1. The summed E-state index contributed by atoms with van der Waals surface area (Å²) < 4.78 is 34.3. The van der Waals surface area contributed by atoms with Gasteiger partial charge in [-0.3, -0.25) is 4.79 Å². The van der Waals surface area contributed by atoms with Gasteiger partial charge in [0.15, 0.2) is 10.7 Å². The zero-order valence-electron chi connectivity index (χ0n) is 21.3. The molecule has 0 unspecified atom stereocenters. The fourth-order valence-electron chi connectivity index (χ4n) is 4.62. The van der Waals surface area contributed by atoms with Crippen LogP contribution >= 0.6 is 0 Å². The lowest BCUT2D eigenvalue weighted by molar-refractivity contribution is -0.123. The smallest absolute Gasteiger partial charge is 0.248 e. The minimum absolute atomic E-state index is 0.0514. The quantitative estimate of drug-likeness (QED) is 0.438. The molecule has 2 heterocycles. The third-order valence-electron chi connectivity index (χ3n) is 6.56. The number of benzene rings is 2. The Balaban J connectivity index is 1.57. The maximum absolute atomic E-state index is 13.7. The van der Waals surface area contributed by atoms with E-state index in [1.165, 1.54) is 4.31 Å². The fraction of sp³-hybridized carbons (Fsp3) is 0.357. The molecule has 3 aromatic rings. The molecule has 2 aromatic carbocycles. The van der Waals surface area contributed by atoms with E-state index in [1.54, 1.807) is 17.9 Å². The van der Waals surface area contributed by atoms with Gasteiger partial charge in [0.25, 0.3) is 0 Å². The Morgan fingerprint density at radius 1 is 1.11 bits per heavy atom. The molecule has 1 aliphatic heterocycles. The second kappa shape index (κ2) is 10.8. The Hall–Kier alpha value is -3.23. The molecule has 0 aliphatic carbocycles. The first-order valence-corrected chi connectivity index (χ1v) is 13.7. The van der Waals surface area contributed by atoms with Crippen molar-refractivity contribution in [1.29, 1.82) is 0 Å². The van der Waals surface area contributed by atoms with Gasteiger partial charge < -0.3 is 9.42 Å². The number of aryl methyl sites for hydroxylation is 3. The largest absolute Gasteiger partial charge is 0.355 e. The highest BCUT2D eigenvalue weighted by Crippen LogP contribution is 2.30. The van der Waals surface area contributed by atoms with Gasteiger partial charge in [0.1, 0.15) is 5.69 Å². The summed E-state index contributed by atoms with van der Waals surface area (Å²) in [7, 11) is -3.91. The number of carbonyl (C=O) groups excluding carboxylic acids is 1. The first-order valence-electron chi connectivity index (χ1n) is 12.3. The van der Waals surface area contributed by atoms with Crippen molar-refractivity contribution in [2.75, 3.05) is 24.5 Å². The molecule has 36 heavy (non-hydrogen) atoms. The predicted molar refractivity (Wildman–Crippen MR) is 142 cm³/mol. The van der Waals surface area contributed by atoms with E-state index in [4.69, 9.17) is 4.52 Å². The van der Waals surface area contributed by atoms with E-state index in [1.807, 2.05) is 75.4 Å². The highest BCUT2D eigenvalue weighted by Gasteiger charge is 2.38. The zero-order chi connectivity index (χ0) is 25.9. The monoisotopic (exact) mass is 507 g/mol. The van der Waals surface area contributed by atoms with Crippen LogP contribution in [0.5, 0.6) is 0 Å². The molecule has 0 saturated carbocycles. The molecule has 4 rings (SSSR count). The molecule has 0 radical (unpaired) electrons. The first kappa shape index (κ1) is 25.9. The van der Waals surface area contributed by atoms with Gasteiger partial charge in [0, 0.05) is 25.3 Å². The van der Waals surface area contributed by atoms with E-state index < -0.39 is 15.9 Å². The van der Waals surface area contributed by atoms with Crippen LogP contribution in [-0.4, -0.2) is 43.4 Å². The van der Waals surface area contributed by atoms with Crippen LogP contribution in [-0.2, 0) is 14.8 Å². The Morgan fingerprint density at radius 3 is 2.56 bits per heavy atom. The number of piperidine rings is 1. The molecule has 0 bridgehead atoms. The Bertz CT molecular complexity index is 1360. The average Bonchev–Trinajstić information content (AvgIpc) is 3.25. The predicted octanol–water partition coefficient (Wildman–Crippen LogP) is 5.22. The van der Waals surface area contributed by atoms with Gasteiger partial charge in [0.2, 0.25) is 15.9 Å². The van der Waals surface area contributed by atoms with Crippen LogP contribution < -0.4 is 4.90 Å². The van der Waals surface area contributed by atoms with Crippen LogP contribution in [0.2, 0.25) is 0 Å². The van der Waals surface area contributed by atoms with Crippen LogP contribution in [0.25, 0.3) is 12.2 Å². The van der Waals surface area contributed by atoms with Crippen molar-refractivity contribution in [2.24, 2.45) is 5.92 Å². The number of carbonyl (C=O) groups is 1. The summed E-state index contributed by atoms with van der Waals surface area (Å²) in [5.74, 6) is -0.276. The number of hydrogen-bond donors (Lipinski definition) is 0. The second-order valence-electron chi connectivity index (χ2n) is 9.33. The van der Waals surface area contributed by atoms with Gasteiger partial charge in [-0.2, -0.15) is 4.31 Å². The molecule has 1 fully saturated rings. The molecule has 190 valence electrons. The van der Waals surface area contributed by atoms with Gasteiger partial charge in [-0.1, -0.05) is 53.2 Å². The van der Waals surface area contributed by atoms with E-state index >= 15 is 0 Å². The van der Waals surface area contributed by atoms with Crippen molar-refractivity contribution >= 4 is 33.8 Å². The fourth-order valence-corrected chi connectivity index (χ4v) is 6.40. The second-order valence-corrected chi connectivity index (χ2v) is 11.2. The molecule has 7 nitrogen and oxygen atoms in total. The van der Waals surface area contributed by atoms with Crippen LogP contribution in [0, 0.1) is 26.7 Å². The van der Waals surface area contributed by atoms with Crippen molar-refractivity contribution in [2.45, 2.75) is 45.4 Å². The van der Waals surface area contributed by atoms with Crippen molar-refractivity contribution in [3.05, 3.63) is 76.7 Å². The van der Waals surface area contributed by atoms with Gasteiger partial charge in [0.05, 0.1) is 5.92 Å². The minimum atomic E-state index is -3.91. The van der Waals surface area contributed by atoms with Gasteiger partial charge in [-0.05, 0) is 69.9 Å². The molecule has 0 N–H and O–H groups in total. The summed E-state index contributed by atoms with van der Waals surface area (Å²) in [4.78, 5) is 15.3. The molecule has 0 spiro atoms. The van der Waals surface area contributed by atoms with E-state index in [9.17, 15) is 13.2 Å². The normalized spacial score (nSPS) is 16.9. The third-order valence-corrected chi connectivity index (χ3v) is 8.59. The van der Waals surface area contributed by atoms with Crippen molar-refractivity contribution in [3.8, 4) is 0 Å². The molecule has 1 aromatic heterocycles. The molecular weight excluding hydrogens is 474 g/mol. The van der Waals surface area contributed by atoms with Crippen molar-refractivity contribution in [3.63, 3.8) is 0 Å². The molecule has 1 atom stereocenters. The number of hydrogen-bond acceptors (Lipinski definition) is 5. The number of aromatic nitrogens is 1. The van der Waals surface area contributed by atoms with Crippen LogP contribution in [0.4, 0.5) is 5.69 Å². The van der Waals surface area contributed by atoms with E-state index in [2.05, 4.69) is 5.16 Å². The maximum atomic E-state index is 13.7. The lowest BCUT2D eigenvalue weighted by atomic mass is 9.97. The summed E-state index contributed by atoms with van der Waals surface area (Å²) in [5, 5.41) is 3.94. The lowest BCUT2D eigenvalue weighted by Gasteiger charge is -2.34. The number of rotatable bonds is 7. The molecule has 1 amide bonds. The number of sulfonamides is 1. The van der Waals surface area contributed by atoms with Gasteiger partial charge >= 0.3 is 0 Å². The van der Waals surface area contributed by atoms with Crippen LogP contribution in [0.3, 0.4) is 0 Å². The molecule has 8 heteroatoms. The number of nitrogens with zero attached hydrogens (tertiary/aromatic N) is 3. The minimum Gasteiger partial charge on any atom is -0.355 e. The Kier molecular flexibility index (Phi) is 7.76. The topological polar surface area (TPSA) is 83.7 Å². The molecule has 1 saturated heterocycles. The maximum Gasteiger partial charge on any atom is 0.248 e. The van der Waals surface area contributed by atoms with Crippen LogP contribution in [0.1, 0.15) is 47.9 Å². The molecular formula is C28H33N3O4S. The highest BCUT2D eigenvalue weighted by atomic mass is 32.2. The summed E-state index contributed by atoms with van der Waals surface area (Å²) in [6.07, 6.45) is 4.71.